The highest BCUT2D eigenvalue weighted by Crippen LogP contribution is 2.27. The van der Waals surface area contributed by atoms with E-state index >= 15 is 0 Å². The number of aromatic nitrogens is 2. The minimum atomic E-state index is -0.563. The summed E-state index contributed by atoms with van der Waals surface area (Å²) in [7, 11) is 0. The predicted molar refractivity (Wildman–Crippen MR) is 121 cm³/mol. The van der Waals surface area contributed by atoms with Crippen LogP contribution in [0, 0.1) is 0 Å². The third-order valence-corrected chi connectivity index (χ3v) is 5.65. The van der Waals surface area contributed by atoms with Gasteiger partial charge in [0.05, 0.1) is 24.5 Å². The minimum absolute atomic E-state index is 0.132. The predicted octanol–water partition coefficient (Wildman–Crippen LogP) is 2.75. The lowest BCUT2D eigenvalue weighted by Crippen LogP contribution is -2.42. The van der Waals surface area contributed by atoms with Gasteiger partial charge in [-0.1, -0.05) is 18.2 Å². The summed E-state index contributed by atoms with van der Waals surface area (Å²) in [6.45, 7) is 3.89. The molecule has 0 aliphatic carbocycles. The lowest BCUT2D eigenvalue weighted by atomic mass is 10.1. The van der Waals surface area contributed by atoms with Crippen molar-refractivity contribution in [3.8, 4) is 17.0 Å². The Morgan fingerprint density at radius 1 is 1.00 bits per heavy atom. The topological polar surface area (TPSA) is 90.6 Å². The van der Waals surface area contributed by atoms with Crippen molar-refractivity contribution in [3.05, 3.63) is 65.0 Å². The van der Waals surface area contributed by atoms with Gasteiger partial charge in [-0.2, -0.15) is 0 Å². The van der Waals surface area contributed by atoms with Crippen molar-refractivity contribution in [2.45, 2.75) is 6.10 Å². The Bertz CT molecular complexity index is 1260. The number of nitrogens with zero attached hydrogens (tertiary/aromatic N) is 1. The van der Waals surface area contributed by atoms with Crippen molar-refractivity contribution in [2.75, 3.05) is 39.5 Å². The molecule has 0 amide bonds. The highest BCUT2D eigenvalue weighted by atomic mass is 16.5. The molecule has 7 nitrogen and oxygen atoms in total. The molecule has 1 unspecified atom stereocenters. The molecule has 3 N–H and O–H groups in total. The number of para-hydroxylation sites is 1. The second-order valence-corrected chi connectivity index (χ2v) is 7.91. The van der Waals surface area contributed by atoms with Gasteiger partial charge < -0.3 is 24.5 Å². The summed E-state index contributed by atoms with van der Waals surface area (Å²) < 4.78 is 11.2. The molecule has 1 atom stereocenters. The zero-order valence-electron chi connectivity index (χ0n) is 17.1. The molecule has 0 saturated carbocycles. The molecular formula is C24H25N3O4. The summed E-state index contributed by atoms with van der Waals surface area (Å²) in [6.07, 6.45) is -0.563. The van der Waals surface area contributed by atoms with Crippen LogP contribution in [0.15, 0.2) is 59.4 Å². The second kappa shape index (κ2) is 8.55. The van der Waals surface area contributed by atoms with E-state index < -0.39 is 6.10 Å². The Hall–Kier alpha value is -3.13. The van der Waals surface area contributed by atoms with Gasteiger partial charge in [-0.05, 0) is 41.8 Å². The van der Waals surface area contributed by atoms with Crippen LogP contribution in [-0.2, 0) is 4.74 Å². The molecule has 7 heteroatoms. The van der Waals surface area contributed by atoms with Gasteiger partial charge in [0.1, 0.15) is 18.5 Å². The lowest BCUT2D eigenvalue weighted by Gasteiger charge is -2.28. The Labute approximate surface area is 179 Å². The quantitative estimate of drug-likeness (QED) is 0.447. The second-order valence-electron chi connectivity index (χ2n) is 7.91. The number of aliphatic hydroxyl groups excluding tert-OH is 1. The van der Waals surface area contributed by atoms with Crippen LogP contribution in [0.4, 0.5) is 0 Å². The molecule has 0 radical (unpaired) electrons. The average molecular weight is 419 g/mol. The number of ether oxygens (including phenoxy) is 2. The Morgan fingerprint density at radius 3 is 2.68 bits per heavy atom. The van der Waals surface area contributed by atoms with E-state index in [1.807, 2.05) is 54.6 Å². The van der Waals surface area contributed by atoms with Crippen LogP contribution in [0.2, 0.25) is 0 Å². The molecule has 4 aromatic rings. The largest absolute Gasteiger partial charge is 0.491 e. The summed E-state index contributed by atoms with van der Waals surface area (Å²) in [6, 6.07) is 17.3. The number of rotatable bonds is 6. The SMILES string of the molecule is O=c1[nH]c2ccccc2cc1-c1cc2cc(OCC(O)CN3CCOCC3)ccc2[nH]1. The fourth-order valence-corrected chi connectivity index (χ4v) is 4.02. The number of aromatic amines is 2. The van der Waals surface area contributed by atoms with Gasteiger partial charge in [-0.15, -0.1) is 0 Å². The summed E-state index contributed by atoms with van der Waals surface area (Å²) in [5, 5.41) is 12.2. The monoisotopic (exact) mass is 419 g/mol. The van der Waals surface area contributed by atoms with Gasteiger partial charge in [-0.3, -0.25) is 9.69 Å². The van der Waals surface area contributed by atoms with E-state index in [2.05, 4.69) is 14.9 Å². The Balaban J connectivity index is 1.32. The molecule has 1 fully saturated rings. The molecule has 31 heavy (non-hydrogen) atoms. The van der Waals surface area contributed by atoms with Crippen LogP contribution in [0.1, 0.15) is 0 Å². The first-order valence-electron chi connectivity index (χ1n) is 10.5. The number of hydrogen-bond acceptors (Lipinski definition) is 5. The van der Waals surface area contributed by atoms with E-state index in [4.69, 9.17) is 9.47 Å². The average Bonchev–Trinajstić information content (AvgIpc) is 3.21. The van der Waals surface area contributed by atoms with Crippen molar-refractivity contribution < 1.29 is 14.6 Å². The van der Waals surface area contributed by atoms with Gasteiger partial charge in [0.2, 0.25) is 0 Å². The van der Waals surface area contributed by atoms with Crippen molar-refractivity contribution in [3.63, 3.8) is 0 Å². The number of β-amino-alcohol motifs (C(OH)–C–C–N with tert-alkyl or cyclic N) is 1. The highest BCUT2D eigenvalue weighted by molar-refractivity contribution is 5.89. The number of fused-ring (bicyclic) bond motifs is 2. The van der Waals surface area contributed by atoms with E-state index in [9.17, 15) is 9.90 Å². The van der Waals surface area contributed by atoms with Crippen LogP contribution in [-0.4, -0.2) is 65.5 Å². The maximum Gasteiger partial charge on any atom is 0.257 e. The maximum atomic E-state index is 12.6. The van der Waals surface area contributed by atoms with Gasteiger partial charge in [0, 0.05) is 36.1 Å². The Morgan fingerprint density at radius 2 is 1.81 bits per heavy atom. The standard InChI is InChI=1S/C24H25N3O4/c28-18(14-27-7-9-30-10-8-27)15-31-19-5-6-22-17(11-19)13-23(25-22)20-12-16-3-1-2-4-21(16)26-24(20)29/h1-6,11-13,18,25,28H,7-10,14-15H2,(H,26,29). The number of nitrogens with one attached hydrogen (secondary N) is 2. The van der Waals surface area contributed by atoms with Crippen LogP contribution in [0.3, 0.4) is 0 Å². The minimum Gasteiger partial charge on any atom is -0.491 e. The molecule has 2 aromatic heterocycles. The first-order valence-corrected chi connectivity index (χ1v) is 10.5. The maximum absolute atomic E-state index is 12.6. The molecule has 0 bridgehead atoms. The molecule has 1 aliphatic heterocycles. The summed E-state index contributed by atoms with van der Waals surface area (Å²) >= 11 is 0. The van der Waals surface area contributed by atoms with E-state index in [0.29, 0.717) is 31.1 Å². The summed E-state index contributed by atoms with van der Waals surface area (Å²) in [5.74, 6) is 0.687. The molecule has 2 aromatic carbocycles. The fourth-order valence-electron chi connectivity index (χ4n) is 4.02. The zero-order chi connectivity index (χ0) is 21.2. The number of aliphatic hydroxyl groups is 1. The number of hydrogen-bond donors (Lipinski definition) is 3. The summed E-state index contributed by atoms with van der Waals surface area (Å²) in [5.41, 5.74) is 2.96. The molecular weight excluding hydrogens is 394 g/mol. The van der Waals surface area contributed by atoms with Gasteiger partial charge in [-0.25, -0.2) is 0 Å². The lowest BCUT2D eigenvalue weighted by molar-refractivity contribution is 0.00467. The van der Waals surface area contributed by atoms with Crippen LogP contribution < -0.4 is 10.3 Å². The van der Waals surface area contributed by atoms with Crippen molar-refractivity contribution in [1.29, 1.82) is 0 Å². The molecule has 1 saturated heterocycles. The van der Waals surface area contributed by atoms with Crippen LogP contribution in [0.25, 0.3) is 33.1 Å². The molecule has 5 rings (SSSR count). The number of benzene rings is 2. The number of pyridine rings is 1. The highest BCUT2D eigenvalue weighted by Gasteiger charge is 2.16. The molecule has 3 heterocycles. The van der Waals surface area contributed by atoms with Gasteiger partial charge in [0.25, 0.3) is 5.56 Å². The van der Waals surface area contributed by atoms with E-state index in [1.165, 1.54) is 0 Å². The van der Waals surface area contributed by atoms with Gasteiger partial charge in [0.15, 0.2) is 0 Å². The normalized spacial score (nSPS) is 16.0. The molecule has 160 valence electrons. The van der Waals surface area contributed by atoms with Gasteiger partial charge >= 0.3 is 0 Å². The number of H-pyrrole nitrogens is 2. The van der Waals surface area contributed by atoms with Crippen LogP contribution >= 0.6 is 0 Å². The van der Waals surface area contributed by atoms with E-state index in [-0.39, 0.29) is 12.2 Å². The fraction of sp³-hybridized carbons (Fsp3) is 0.292. The van der Waals surface area contributed by atoms with Crippen molar-refractivity contribution >= 4 is 21.8 Å². The summed E-state index contributed by atoms with van der Waals surface area (Å²) in [4.78, 5) is 21.0. The molecule has 1 aliphatic rings. The third kappa shape index (κ3) is 4.34. The smallest absolute Gasteiger partial charge is 0.257 e. The first-order chi connectivity index (χ1) is 15.2. The third-order valence-electron chi connectivity index (χ3n) is 5.65. The Kier molecular flexibility index (Phi) is 5.46. The zero-order valence-corrected chi connectivity index (χ0v) is 17.1. The van der Waals surface area contributed by atoms with E-state index in [0.717, 1.165) is 40.6 Å². The van der Waals surface area contributed by atoms with Crippen molar-refractivity contribution in [2.24, 2.45) is 0 Å². The van der Waals surface area contributed by atoms with Crippen molar-refractivity contribution in [1.82, 2.24) is 14.9 Å². The van der Waals surface area contributed by atoms with Crippen LogP contribution in [0.5, 0.6) is 5.75 Å². The molecule has 0 spiro atoms. The first kappa shape index (κ1) is 19.8. The van der Waals surface area contributed by atoms with E-state index in [1.54, 1.807) is 0 Å². The number of morpholine rings is 1.